The van der Waals surface area contributed by atoms with E-state index in [9.17, 15) is 0 Å². The Morgan fingerprint density at radius 3 is 2.78 bits per heavy atom. The second-order valence-corrected chi connectivity index (χ2v) is 5.64. The van der Waals surface area contributed by atoms with Crippen molar-refractivity contribution in [2.75, 3.05) is 6.54 Å². The van der Waals surface area contributed by atoms with Crippen LogP contribution in [0, 0.1) is 6.92 Å². The van der Waals surface area contributed by atoms with Crippen molar-refractivity contribution in [2.45, 2.75) is 51.7 Å². The number of halogens is 1. The molecular weight excluding hydrogens is 246 g/mol. The number of hydrogen-bond acceptors (Lipinski definition) is 2. The Bertz CT molecular complexity index is 388. The normalized spacial score (nSPS) is 17.9. The monoisotopic (exact) mass is 267 g/mol. The van der Waals surface area contributed by atoms with E-state index in [4.69, 9.17) is 16.3 Å². The molecule has 0 heterocycles. The summed E-state index contributed by atoms with van der Waals surface area (Å²) in [6.45, 7) is 5.01. The first kappa shape index (κ1) is 13.7. The number of rotatable bonds is 5. The van der Waals surface area contributed by atoms with E-state index in [0.717, 1.165) is 22.9 Å². The van der Waals surface area contributed by atoms with Gasteiger partial charge in [-0.25, -0.2) is 0 Å². The van der Waals surface area contributed by atoms with Crippen LogP contribution < -0.4 is 10.1 Å². The molecule has 1 N–H and O–H groups in total. The van der Waals surface area contributed by atoms with Gasteiger partial charge in [-0.15, -0.1) is 0 Å². The maximum absolute atomic E-state index is 6.00. The van der Waals surface area contributed by atoms with E-state index in [2.05, 4.69) is 12.2 Å². The van der Waals surface area contributed by atoms with Gasteiger partial charge in [0.2, 0.25) is 0 Å². The molecule has 1 unspecified atom stereocenters. The average molecular weight is 268 g/mol. The highest BCUT2D eigenvalue weighted by molar-refractivity contribution is 6.31. The van der Waals surface area contributed by atoms with Crippen molar-refractivity contribution >= 4 is 11.6 Å². The molecule has 3 heteroatoms. The summed E-state index contributed by atoms with van der Waals surface area (Å²) in [4.78, 5) is 0. The minimum atomic E-state index is 0.186. The highest BCUT2D eigenvalue weighted by Crippen LogP contribution is 2.22. The van der Waals surface area contributed by atoms with Gasteiger partial charge in [0.1, 0.15) is 11.9 Å². The van der Waals surface area contributed by atoms with E-state index in [0.29, 0.717) is 6.04 Å². The zero-order chi connectivity index (χ0) is 13.0. The summed E-state index contributed by atoms with van der Waals surface area (Å²) in [5, 5.41) is 4.37. The third kappa shape index (κ3) is 3.89. The predicted molar refractivity (Wildman–Crippen MR) is 76.5 cm³/mol. The Hall–Kier alpha value is -0.730. The third-order valence-electron chi connectivity index (χ3n) is 3.52. The fourth-order valence-corrected chi connectivity index (χ4v) is 2.54. The van der Waals surface area contributed by atoms with E-state index >= 15 is 0 Å². The smallest absolute Gasteiger partial charge is 0.120 e. The summed E-state index contributed by atoms with van der Waals surface area (Å²) >= 11 is 6.00. The molecule has 1 atom stereocenters. The minimum absolute atomic E-state index is 0.186. The summed E-state index contributed by atoms with van der Waals surface area (Å²) in [5.74, 6) is 0.901. The van der Waals surface area contributed by atoms with E-state index in [-0.39, 0.29) is 6.10 Å². The first-order valence-corrected chi connectivity index (χ1v) is 7.19. The first-order valence-electron chi connectivity index (χ1n) is 6.81. The van der Waals surface area contributed by atoms with Crippen LogP contribution in [-0.2, 0) is 0 Å². The van der Waals surface area contributed by atoms with Gasteiger partial charge >= 0.3 is 0 Å². The molecule has 1 fully saturated rings. The zero-order valence-corrected chi connectivity index (χ0v) is 12.0. The van der Waals surface area contributed by atoms with E-state index in [1.807, 2.05) is 25.1 Å². The molecule has 2 nitrogen and oxygen atoms in total. The fourth-order valence-electron chi connectivity index (χ4n) is 2.43. The van der Waals surface area contributed by atoms with Crippen LogP contribution in [0.25, 0.3) is 0 Å². The molecule has 1 saturated carbocycles. The molecule has 0 amide bonds. The topological polar surface area (TPSA) is 21.3 Å². The molecule has 1 aromatic rings. The second kappa shape index (κ2) is 6.44. The second-order valence-electron chi connectivity index (χ2n) is 5.23. The lowest BCUT2D eigenvalue weighted by molar-refractivity contribution is 0.211. The number of ether oxygens (including phenoxy) is 1. The zero-order valence-electron chi connectivity index (χ0n) is 11.2. The Labute approximate surface area is 115 Å². The van der Waals surface area contributed by atoms with Crippen molar-refractivity contribution in [1.29, 1.82) is 0 Å². The van der Waals surface area contributed by atoms with Crippen LogP contribution in [0.3, 0.4) is 0 Å². The highest BCUT2D eigenvalue weighted by Gasteiger charge is 2.15. The Kier molecular flexibility index (Phi) is 4.90. The fraction of sp³-hybridized carbons (Fsp3) is 0.600. The van der Waals surface area contributed by atoms with Gasteiger partial charge in [-0.2, -0.15) is 0 Å². The lowest BCUT2D eigenvalue weighted by Gasteiger charge is -2.19. The van der Waals surface area contributed by atoms with E-state index in [1.165, 1.54) is 25.7 Å². The quantitative estimate of drug-likeness (QED) is 0.872. The largest absolute Gasteiger partial charge is 0.489 e. The van der Waals surface area contributed by atoms with Gasteiger partial charge in [-0.1, -0.05) is 24.4 Å². The molecule has 1 aliphatic carbocycles. The van der Waals surface area contributed by atoms with Crippen LogP contribution in [0.5, 0.6) is 5.75 Å². The van der Waals surface area contributed by atoms with Crippen LogP contribution in [0.4, 0.5) is 0 Å². The molecule has 0 radical (unpaired) electrons. The Morgan fingerprint density at radius 2 is 2.11 bits per heavy atom. The maximum atomic E-state index is 6.00. The first-order chi connectivity index (χ1) is 8.65. The number of hydrogen-bond donors (Lipinski definition) is 1. The molecule has 1 aromatic carbocycles. The van der Waals surface area contributed by atoms with Gasteiger partial charge in [0.25, 0.3) is 0 Å². The Morgan fingerprint density at radius 1 is 1.39 bits per heavy atom. The van der Waals surface area contributed by atoms with Gasteiger partial charge in [0.05, 0.1) is 0 Å². The molecule has 0 spiro atoms. The molecule has 0 saturated heterocycles. The minimum Gasteiger partial charge on any atom is -0.489 e. The van der Waals surface area contributed by atoms with Gasteiger partial charge in [0, 0.05) is 17.6 Å². The van der Waals surface area contributed by atoms with E-state index < -0.39 is 0 Å². The van der Waals surface area contributed by atoms with Crippen molar-refractivity contribution in [1.82, 2.24) is 5.32 Å². The van der Waals surface area contributed by atoms with Crippen molar-refractivity contribution in [3.8, 4) is 5.75 Å². The van der Waals surface area contributed by atoms with Crippen LogP contribution in [0.2, 0.25) is 5.02 Å². The van der Waals surface area contributed by atoms with Crippen LogP contribution >= 0.6 is 11.6 Å². The van der Waals surface area contributed by atoms with Crippen LogP contribution in [0.1, 0.15) is 38.2 Å². The number of aryl methyl sites for hydroxylation is 1. The predicted octanol–water partition coefficient (Wildman–Crippen LogP) is 3.95. The van der Waals surface area contributed by atoms with Gasteiger partial charge in [0.15, 0.2) is 0 Å². The van der Waals surface area contributed by atoms with Gasteiger partial charge in [-0.05, 0) is 50.5 Å². The SMILES string of the molecule is Cc1cc(OC(C)CNC2CCCC2)ccc1Cl. The summed E-state index contributed by atoms with van der Waals surface area (Å²) in [6.07, 6.45) is 5.54. The van der Waals surface area contributed by atoms with Crippen LogP contribution in [0.15, 0.2) is 18.2 Å². The van der Waals surface area contributed by atoms with Crippen LogP contribution in [-0.4, -0.2) is 18.7 Å². The molecular formula is C15H22ClNO. The van der Waals surface area contributed by atoms with Gasteiger partial charge in [-0.3, -0.25) is 0 Å². The maximum Gasteiger partial charge on any atom is 0.120 e. The molecule has 0 aliphatic heterocycles. The third-order valence-corrected chi connectivity index (χ3v) is 3.94. The van der Waals surface area contributed by atoms with Crippen molar-refractivity contribution in [2.24, 2.45) is 0 Å². The summed E-state index contributed by atoms with van der Waals surface area (Å²) < 4.78 is 5.89. The summed E-state index contributed by atoms with van der Waals surface area (Å²) in [7, 11) is 0. The van der Waals surface area contributed by atoms with Gasteiger partial charge < -0.3 is 10.1 Å². The lowest BCUT2D eigenvalue weighted by Crippen LogP contribution is -2.35. The number of benzene rings is 1. The van der Waals surface area contributed by atoms with E-state index in [1.54, 1.807) is 0 Å². The van der Waals surface area contributed by atoms with Crippen molar-refractivity contribution in [3.63, 3.8) is 0 Å². The highest BCUT2D eigenvalue weighted by atomic mass is 35.5. The average Bonchev–Trinajstić information content (AvgIpc) is 2.84. The molecule has 100 valence electrons. The molecule has 18 heavy (non-hydrogen) atoms. The molecule has 1 aliphatic rings. The molecule has 0 bridgehead atoms. The molecule has 0 aromatic heterocycles. The van der Waals surface area contributed by atoms with Crippen molar-refractivity contribution < 1.29 is 4.74 Å². The Balaban J connectivity index is 1.78. The standard InChI is InChI=1S/C15H22ClNO/c1-11-9-14(7-8-15(11)16)18-12(2)10-17-13-5-3-4-6-13/h7-9,12-13,17H,3-6,10H2,1-2H3. The summed E-state index contributed by atoms with van der Waals surface area (Å²) in [5.41, 5.74) is 1.06. The lowest BCUT2D eigenvalue weighted by atomic mass is 10.2. The molecule has 2 rings (SSSR count). The summed E-state index contributed by atoms with van der Waals surface area (Å²) in [6, 6.07) is 6.52. The number of nitrogens with one attached hydrogen (secondary N) is 1. The van der Waals surface area contributed by atoms with Crippen molar-refractivity contribution in [3.05, 3.63) is 28.8 Å².